The molecule has 11 heavy (non-hydrogen) atoms. The summed E-state index contributed by atoms with van der Waals surface area (Å²) >= 11 is 0. The van der Waals surface area contributed by atoms with Crippen molar-refractivity contribution in [1.29, 1.82) is 0 Å². The second-order valence-electron chi connectivity index (χ2n) is 2.70. The van der Waals surface area contributed by atoms with Crippen molar-refractivity contribution in [3.05, 3.63) is 23.8 Å². The summed E-state index contributed by atoms with van der Waals surface area (Å²) in [5, 5.41) is 9.17. The molecule has 0 radical (unpaired) electrons. The Morgan fingerprint density at radius 2 is 2.45 bits per heavy atom. The smallest absolute Gasteiger partial charge is 0.156 e. The molecule has 0 saturated carbocycles. The highest BCUT2D eigenvalue weighted by molar-refractivity contribution is 5.76. The van der Waals surface area contributed by atoms with Gasteiger partial charge in [-0.2, -0.15) is 0 Å². The van der Waals surface area contributed by atoms with E-state index in [4.69, 9.17) is 0 Å². The maximum atomic E-state index is 13.2. The van der Waals surface area contributed by atoms with Crippen LogP contribution in [0.5, 0.6) is 0 Å². The molecule has 2 nitrogen and oxygen atoms in total. The molecule has 0 heterocycles. The zero-order valence-corrected chi connectivity index (χ0v) is 6.12. The first-order valence-corrected chi connectivity index (χ1v) is 3.29. The third-order valence-electron chi connectivity index (χ3n) is 1.70. The van der Waals surface area contributed by atoms with E-state index in [9.17, 15) is 14.3 Å². The number of rotatable bonds is 1. The third kappa shape index (κ3) is 1.38. The van der Waals surface area contributed by atoms with Crippen LogP contribution in [0.15, 0.2) is 23.8 Å². The lowest BCUT2D eigenvalue weighted by Gasteiger charge is -2.25. The molecule has 0 aromatic heterocycles. The van der Waals surface area contributed by atoms with Crippen LogP contribution < -0.4 is 0 Å². The van der Waals surface area contributed by atoms with Crippen molar-refractivity contribution >= 4 is 6.29 Å². The molecule has 1 aliphatic carbocycles. The minimum atomic E-state index is -1.81. The molecular weight excluding hydrogens is 147 g/mol. The van der Waals surface area contributed by atoms with E-state index in [1.54, 1.807) is 0 Å². The molecule has 0 aliphatic heterocycles. The maximum Gasteiger partial charge on any atom is 0.156 e. The number of halogens is 1. The molecule has 0 bridgehead atoms. The van der Waals surface area contributed by atoms with Crippen molar-refractivity contribution in [3.63, 3.8) is 0 Å². The fourth-order valence-electron chi connectivity index (χ4n) is 0.959. The summed E-state index contributed by atoms with van der Waals surface area (Å²) in [5.74, 6) is 0. The zero-order valence-electron chi connectivity index (χ0n) is 6.12. The topological polar surface area (TPSA) is 37.3 Å². The Balaban J connectivity index is 2.94. The van der Waals surface area contributed by atoms with Gasteiger partial charge in [-0.3, -0.25) is 4.79 Å². The summed E-state index contributed by atoms with van der Waals surface area (Å²) in [6, 6.07) is 0. The van der Waals surface area contributed by atoms with Gasteiger partial charge in [-0.05, 0) is 13.0 Å². The number of aliphatic hydroxyl groups excluding tert-OH is 1. The fraction of sp³-hybridized carbons (Fsp3) is 0.375. The van der Waals surface area contributed by atoms with Gasteiger partial charge >= 0.3 is 0 Å². The molecule has 1 N–H and O–H groups in total. The third-order valence-corrected chi connectivity index (χ3v) is 1.70. The molecule has 0 aromatic rings. The van der Waals surface area contributed by atoms with Gasteiger partial charge in [-0.25, -0.2) is 4.39 Å². The average Bonchev–Trinajstić information content (AvgIpc) is 1.95. The minimum Gasteiger partial charge on any atom is -0.385 e. The number of aliphatic hydroxyl groups is 1. The summed E-state index contributed by atoms with van der Waals surface area (Å²) in [5.41, 5.74) is -1.73. The van der Waals surface area contributed by atoms with Crippen molar-refractivity contribution < 1.29 is 14.3 Å². The van der Waals surface area contributed by atoms with E-state index in [1.165, 1.54) is 25.2 Å². The van der Waals surface area contributed by atoms with Crippen LogP contribution in [-0.4, -0.2) is 23.2 Å². The summed E-state index contributed by atoms with van der Waals surface area (Å²) in [6.45, 7) is 1.23. The Labute approximate surface area is 64.0 Å². The van der Waals surface area contributed by atoms with Crippen LogP contribution >= 0.6 is 0 Å². The normalized spacial score (nSPS) is 36.6. The summed E-state index contributed by atoms with van der Waals surface area (Å²) in [6.07, 6.45) is 3.19. The highest BCUT2D eigenvalue weighted by atomic mass is 19.1. The van der Waals surface area contributed by atoms with Gasteiger partial charge < -0.3 is 5.11 Å². The second kappa shape index (κ2) is 2.58. The van der Waals surface area contributed by atoms with Crippen LogP contribution in [0.4, 0.5) is 4.39 Å². The number of hydrogen-bond donors (Lipinski definition) is 1. The van der Waals surface area contributed by atoms with E-state index in [2.05, 4.69) is 0 Å². The molecule has 2 unspecified atom stereocenters. The predicted molar refractivity (Wildman–Crippen MR) is 38.8 cm³/mol. The lowest BCUT2D eigenvalue weighted by Crippen LogP contribution is -2.36. The Bertz CT molecular complexity index is 228. The van der Waals surface area contributed by atoms with Crippen LogP contribution in [0.25, 0.3) is 0 Å². The first kappa shape index (κ1) is 8.14. The van der Waals surface area contributed by atoms with Crippen LogP contribution in [0.2, 0.25) is 0 Å². The number of alkyl halides is 1. The van der Waals surface area contributed by atoms with Gasteiger partial charge in [-0.1, -0.05) is 12.2 Å². The van der Waals surface area contributed by atoms with E-state index in [0.717, 1.165) is 0 Å². The molecule has 0 aromatic carbocycles. The van der Waals surface area contributed by atoms with Crippen molar-refractivity contribution in [3.8, 4) is 0 Å². The minimum absolute atomic E-state index is 0.0810. The number of allylic oxidation sites excluding steroid dienone is 2. The van der Waals surface area contributed by atoms with Gasteiger partial charge in [0.1, 0.15) is 12.4 Å². The molecule has 3 heteroatoms. The standard InChI is InChI=1S/C8H9FO2/c1-8(9)4-2-3-6(5-10)7(8)11/h2-5,7,11H,1H3. The van der Waals surface area contributed by atoms with Crippen LogP contribution in [0.3, 0.4) is 0 Å². The maximum absolute atomic E-state index is 13.2. The van der Waals surface area contributed by atoms with Gasteiger partial charge in [0.15, 0.2) is 5.67 Å². The highest BCUT2D eigenvalue weighted by Crippen LogP contribution is 2.25. The van der Waals surface area contributed by atoms with Crippen molar-refractivity contribution in [2.75, 3.05) is 0 Å². The Morgan fingerprint density at radius 3 is 2.91 bits per heavy atom. The lowest BCUT2D eigenvalue weighted by atomic mass is 9.90. The number of aldehydes is 1. The fourth-order valence-corrected chi connectivity index (χ4v) is 0.959. The highest BCUT2D eigenvalue weighted by Gasteiger charge is 2.34. The Hall–Kier alpha value is -0.960. The monoisotopic (exact) mass is 156 g/mol. The average molecular weight is 156 g/mol. The quantitative estimate of drug-likeness (QED) is 0.569. The van der Waals surface area contributed by atoms with Gasteiger partial charge in [0.05, 0.1) is 0 Å². The number of carbonyl (C=O) groups excluding carboxylic acids is 1. The van der Waals surface area contributed by atoms with E-state index >= 15 is 0 Å². The predicted octanol–water partition coefficient (Wildman–Crippen LogP) is 0.771. The molecule has 1 aliphatic rings. The van der Waals surface area contributed by atoms with Gasteiger partial charge in [0.25, 0.3) is 0 Å². The Morgan fingerprint density at radius 1 is 1.82 bits per heavy atom. The molecule has 60 valence electrons. The first-order valence-electron chi connectivity index (χ1n) is 3.29. The van der Waals surface area contributed by atoms with Crippen LogP contribution in [0, 0.1) is 0 Å². The van der Waals surface area contributed by atoms with Crippen molar-refractivity contribution in [2.24, 2.45) is 0 Å². The molecule has 1 rings (SSSR count). The molecular formula is C8H9FO2. The van der Waals surface area contributed by atoms with E-state index < -0.39 is 11.8 Å². The van der Waals surface area contributed by atoms with Gasteiger partial charge in [-0.15, -0.1) is 0 Å². The molecule has 0 amide bonds. The second-order valence-corrected chi connectivity index (χ2v) is 2.70. The summed E-state index contributed by atoms with van der Waals surface area (Å²) < 4.78 is 13.2. The summed E-state index contributed by atoms with van der Waals surface area (Å²) in [4.78, 5) is 10.2. The Kier molecular flexibility index (Phi) is 1.91. The van der Waals surface area contributed by atoms with Crippen molar-refractivity contribution in [1.82, 2.24) is 0 Å². The van der Waals surface area contributed by atoms with Gasteiger partial charge in [0, 0.05) is 5.57 Å². The zero-order chi connectivity index (χ0) is 8.48. The largest absolute Gasteiger partial charge is 0.385 e. The van der Waals surface area contributed by atoms with Crippen LogP contribution in [-0.2, 0) is 4.79 Å². The van der Waals surface area contributed by atoms with Gasteiger partial charge in [0.2, 0.25) is 0 Å². The number of hydrogen-bond acceptors (Lipinski definition) is 2. The lowest BCUT2D eigenvalue weighted by molar-refractivity contribution is -0.106. The molecule has 2 atom stereocenters. The van der Waals surface area contributed by atoms with E-state index in [-0.39, 0.29) is 5.57 Å². The van der Waals surface area contributed by atoms with Crippen molar-refractivity contribution in [2.45, 2.75) is 18.7 Å². The summed E-state index contributed by atoms with van der Waals surface area (Å²) in [7, 11) is 0. The molecule has 0 spiro atoms. The molecule has 0 saturated heterocycles. The SMILES string of the molecule is CC1(F)C=CC=C(C=O)C1O. The van der Waals surface area contributed by atoms with Crippen LogP contribution in [0.1, 0.15) is 6.92 Å². The van der Waals surface area contributed by atoms with E-state index in [1.807, 2.05) is 0 Å². The molecule has 0 fully saturated rings. The van der Waals surface area contributed by atoms with E-state index in [0.29, 0.717) is 6.29 Å². The first-order chi connectivity index (χ1) is 5.08. The number of carbonyl (C=O) groups is 1.